The van der Waals surface area contributed by atoms with Gasteiger partial charge in [-0.05, 0) is 63.3 Å². The van der Waals surface area contributed by atoms with E-state index in [1.807, 2.05) is 43.3 Å². The van der Waals surface area contributed by atoms with Gasteiger partial charge in [-0.2, -0.15) is 0 Å². The van der Waals surface area contributed by atoms with E-state index in [4.69, 9.17) is 4.74 Å². The van der Waals surface area contributed by atoms with Crippen molar-refractivity contribution in [1.29, 1.82) is 0 Å². The lowest BCUT2D eigenvalue weighted by Gasteiger charge is -2.46. The smallest absolute Gasteiger partial charge is 0.244 e. The molecule has 2 aromatic rings. The summed E-state index contributed by atoms with van der Waals surface area (Å²) in [4.78, 5) is 16.9. The summed E-state index contributed by atoms with van der Waals surface area (Å²) < 4.78 is 18.8. The Balaban J connectivity index is 0.00000363. The third-order valence-corrected chi connectivity index (χ3v) is 5.92. The van der Waals surface area contributed by atoms with E-state index >= 15 is 0 Å². The average molecular weight is 466 g/mol. The van der Waals surface area contributed by atoms with Crippen molar-refractivity contribution in [3.8, 4) is 5.75 Å². The van der Waals surface area contributed by atoms with Crippen LogP contribution in [0.2, 0.25) is 0 Å². The summed E-state index contributed by atoms with van der Waals surface area (Å²) in [5, 5.41) is 14.8. The minimum atomic E-state index is -1.06. The Kier molecular flexibility index (Phi) is 8.89. The molecule has 0 aromatic heterocycles. The first-order valence-electron chi connectivity index (χ1n) is 10.6. The number of hydrogen-bond acceptors (Lipinski definition) is 5. The molecule has 0 spiro atoms. The molecular formula is C24H33ClFN3O3. The van der Waals surface area contributed by atoms with Crippen molar-refractivity contribution in [2.24, 2.45) is 5.92 Å². The SMILES string of the molecule is COc1cccc([C@@]2(O)CCN(C(=O)C(C)Nc3cccc(F)c3)C[C@@H]2CN(C)C)c1.Cl. The summed E-state index contributed by atoms with van der Waals surface area (Å²) >= 11 is 0. The summed E-state index contributed by atoms with van der Waals surface area (Å²) in [6.45, 7) is 3.27. The Bertz CT molecular complexity index is 914. The van der Waals surface area contributed by atoms with E-state index in [2.05, 4.69) is 5.32 Å². The van der Waals surface area contributed by atoms with E-state index in [0.29, 0.717) is 37.5 Å². The van der Waals surface area contributed by atoms with Gasteiger partial charge >= 0.3 is 0 Å². The molecular weight excluding hydrogens is 433 g/mol. The van der Waals surface area contributed by atoms with Crippen LogP contribution in [0.4, 0.5) is 10.1 Å². The van der Waals surface area contributed by atoms with E-state index in [0.717, 1.165) is 5.56 Å². The Hall–Kier alpha value is -2.35. The number of methoxy groups -OCH3 is 1. The molecule has 1 saturated heterocycles. The molecule has 32 heavy (non-hydrogen) atoms. The first-order chi connectivity index (χ1) is 14.7. The van der Waals surface area contributed by atoms with Crippen molar-refractivity contribution in [2.75, 3.05) is 46.2 Å². The second-order valence-electron chi connectivity index (χ2n) is 8.53. The Morgan fingerprint density at radius 3 is 2.69 bits per heavy atom. The summed E-state index contributed by atoms with van der Waals surface area (Å²) in [5.41, 5.74) is 0.307. The molecule has 1 fully saturated rings. The molecule has 2 aromatic carbocycles. The van der Waals surface area contributed by atoms with E-state index in [1.165, 1.54) is 12.1 Å². The molecule has 2 N–H and O–H groups in total. The quantitative estimate of drug-likeness (QED) is 0.656. The van der Waals surface area contributed by atoms with Gasteiger partial charge in [0.2, 0.25) is 5.91 Å². The van der Waals surface area contributed by atoms with Crippen molar-refractivity contribution in [1.82, 2.24) is 9.80 Å². The fraction of sp³-hybridized carbons (Fsp3) is 0.458. The van der Waals surface area contributed by atoms with Crippen molar-refractivity contribution >= 4 is 24.0 Å². The first-order valence-corrected chi connectivity index (χ1v) is 10.6. The van der Waals surface area contributed by atoms with Gasteiger partial charge in [-0.3, -0.25) is 4.79 Å². The predicted octanol–water partition coefficient (Wildman–Crippen LogP) is 3.35. The fourth-order valence-electron chi connectivity index (χ4n) is 4.30. The Morgan fingerprint density at radius 1 is 1.31 bits per heavy atom. The number of piperidine rings is 1. The highest BCUT2D eigenvalue weighted by Crippen LogP contribution is 2.39. The molecule has 0 bridgehead atoms. The molecule has 3 rings (SSSR count). The minimum absolute atomic E-state index is 0. The molecule has 1 unspecified atom stereocenters. The lowest BCUT2D eigenvalue weighted by Crippen LogP contribution is -2.56. The maximum absolute atomic E-state index is 13.5. The number of carbonyl (C=O) groups is 1. The van der Waals surface area contributed by atoms with Gasteiger partial charge in [-0.25, -0.2) is 4.39 Å². The molecule has 0 saturated carbocycles. The van der Waals surface area contributed by atoms with Gasteiger partial charge in [0.05, 0.1) is 12.7 Å². The van der Waals surface area contributed by atoms with Crippen LogP contribution in [-0.2, 0) is 10.4 Å². The predicted molar refractivity (Wildman–Crippen MR) is 127 cm³/mol. The Morgan fingerprint density at radius 2 is 2.03 bits per heavy atom. The summed E-state index contributed by atoms with van der Waals surface area (Å²) in [7, 11) is 5.52. The molecule has 1 amide bonds. The number of anilines is 1. The molecule has 176 valence electrons. The van der Waals surface area contributed by atoms with Crippen molar-refractivity contribution < 1.29 is 19.0 Å². The van der Waals surface area contributed by atoms with Crippen LogP contribution in [-0.4, -0.2) is 67.7 Å². The number of likely N-dealkylation sites (tertiary alicyclic amines) is 1. The monoisotopic (exact) mass is 465 g/mol. The van der Waals surface area contributed by atoms with Crippen molar-refractivity contribution in [3.63, 3.8) is 0 Å². The van der Waals surface area contributed by atoms with Crippen molar-refractivity contribution in [3.05, 3.63) is 59.9 Å². The van der Waals surface area contributed by atoms with Crippen LogP contribution >= 0.6 is 12.4 Å². The fourth-order valence-corrected chi connectivity index (χ4v) is 4.30. The van der Waals surface area contributed by atoms with Gasteiger partial charge in [0, 0.05) is 31.2 Å². The van der Waals surface area contributed by atoms with Crippen LogP contribution in [0.15, 0.2) is 48.5 Å². The van der Waals surface area contributed by atoms with E-state index in [9.17, 15) is 14.3 Å². The number of carbonyl (C=O) groups excluding carboxylic acids is 1. The van der Waals surface area contributed by atoms with Crippen LogP contribution in [0.3, 0.4) is 0 Å². The third-order valence-electron chi connectivity index (χ3n) is 5.92. The molecule has 1 heterocycles. The Labute approximate surface area is 195 Å². The van der Waals surface area contributed by atoms with Gasteiger partial charge in [0.15, 0.2) is 0 Å². The van der Waals surface area contributed by atoms with Gasteiger partial charge in [0.25, 0.3) is 0 Å². The first kappa shape index (κ1) is 25.9. The van der Waals surface area contributed by atoms with E-state index in [1.54, 1.807) is 31.1 Å². The zero-order valence-corrected chi connectivity index (χ0v) is 19.9. The van der Waals surface area contributed by atoms with Gasteiger partial charge in [-0.15, -0.1) is 12.4 Å². The third kappa shape index (κ3) is 5.91. The zero-order valence-electron chi connectivity index (χ0n) is 19.0. The van der Waals surface area contributed by atoms with E-state index in [-0.39, 0.29) is 30.0 Å². The lowest BCUT2D eigenvalue weighted by atomic mass is 9.75. The molecule has 3 atom stereocenters. The largest absolute Gasteiger partial charge is 0.497 e. The average Bonchev–Trinajstić information content (AvgIpc) is 2.74. The second kappa shape index (κ2) is 11.0. The van der Waals surface area contributed by atoms with Crippen molar-refractivity contribution in [2.45, 2.75) is 25.0 Å². The molecule has 0 aliphatic carbocycles. The topological polar surface area (TPSA) is 65.0 Å². The normalized spacial score (nSPS) is 21.6. The number of hydrogen-bond donors (Lipinski definition) is 2. The summed E-state index contributed by atoms with van der Waals surface area (Å²) in [6, 6.07) is 13.1. The highest BCUT2D eigenvalue weighted by molar-refractivity contribution is 5.85. The number of nitrogens with one attached hydrogen (secondary N) is 1. The van der Waals surface area contributed by atoms with Crippen LogP contribution in [0.5, 0.6) is 5.75 Å². The standard InChI is InChI=1S/C24H32FN3O3.ClH/c1-17(26-21-9-6-8-20(25)14-21)23(29)28-12-11-24(30,19(16-28)15-27(2)3)18-7-5-10-22(13-18)31-4;/h5-10,13-14,17,19,26,30H,11-12,15-16H2,1-4H3;1H/t17?,19-,24-;/m0./s1. The number of ether oxygens (including phenoxy) is 1. The second-order valence-corrected chi connectivity index (χ2v) is 8.53. The molecule has 1 aliphatic rings. The van der Waals surface area contributed by atoms with Crippen LogP contribution in [0, 0.1) is 11.7 Å². The lowest BCUT2D eigenvalue weighted by molar-refractivity contribution is -0.142. The number of halogens is 2. The van der Waals surface area contributed by atoms with E-state index < -0.39 is 11.6 Å². The highest BCUT2D eigenvalue weighted by atomic mass is 35.5. The molecule has 0 radical (unpaired) electrons. The zero-order chi connectivity index (χ0) is 22.6. The number of nitrogens with zero attached hydrogens (tertiary/aromatic N) is 2. The summed E-state index contributed by atoms with van der Waals surface area (Å²) in [6.07, 6.45) is 0.428. The molecule has 8 heteroatoms. The van der Waals surface area contributed by atoms with Crippen LogP contribution < -0.4 is 10.1 Å². The maximum atomic E-state index is 13.5. The van der Waals surface area contributed by atoms with Gasteiger partial charge < -0.3 is 25.0 Å². The highest BCUT2D eigenvalue weighted by Gasteiger charge is 2.44. The van der Waals surface area contributed by atoms with Crippen LogP contribution in [0.1, 0.15) is 18.9 Å². The van der Waals surface area contributed by atoms with Gasteiger partial charge in [0.1, 0.15) is 17.6 Å². The number of aliphatic hydroxyl groups is 1. The minimum Gasteiger partial charge on any atom is -0.497 e. The maximum Gasteiger partial charge on any atom is 0.244 e. The van der Waals surface area contributed by atoms with Gasteiger partial charge in [-0.1, -0.05) is 18.2 Å². The number of amides is 1. The molecule has 6 nitrogen and oxygen atoms in total. The number of benzene rings is 2. The number of rotatable bonds is 7. The summed E-state index contributed by atoms with van der Waals surface area (Å²) in [5.74, 6) is 0.104. The van der Waals surface area contributed by atoms with Crippen LogP contribution in [0.25, 0.3) is 0 Å². The molecule has 1 aliphatic heterocycles.